The predicted molar refractivity (Wildman–Crippen MR) is 77.4 cm³/mol. The highest BCUT2D eigenvalue weighted by molar-refractivity contribution is 5.40. The maximum absolute atomic E-state index is 5.86. The van der Waals surface area contributed by atoms with Crippen LogP contribution in [0.15, 0.2) is 28.7 Å². The van der Waals surface area contributed by atoms with Gasteiger partial charge in [-0.3, -0.25) is 0 Å². The van der Waals surface area contributed by atoms with Gasteiger partial charge < -0.3 is 14.5 Å². The first-order valence-corrected chi connectivity index (χ1v) is 7.67. The fourth-order valence-corrected chi connectivity index (χ4v) is 2.78. The summed E-state index contributed by atoms with van der Waals surface area (Å²) in [4.78, 5) is 0. The molecule has 1 saturated carbocycles. The van der Waals surface area contributed by atoms with E-state index in [-0.39, 0.29) is 5.92 Å². The summed E-state index contributed by atoms with van der Waals surface area (Å²) in [5.41, 5.74) is 1.15. The maximum Gasteiger partial charge on any atom is 0.224 e. The fraction of sp³-hybridized carbons (Fsp3) is 0.500. The Labute approximate surface area is 123 Å². The van der Waals surface area contributed by atoms with Crippen molar-refractivity contribution >= 4 is 0 Å². The summed E-state index contributed by atoms with van der Waals surface area (Å²) in [6, 6.07) is 8.81. The van der Waals surface area contributed by atoms with Crippen molar-refractivity contribution in [1.82, 2.24) is 15.5 Å². The molecular formula is C16H19N3O2. The number of nitrogens with zero attached hydrogens (tertiary/aromatic N) is 2. The number of para-hydroxylation sites is 1. The van der Waals surface area contributed by atoms with Crippen molar-refractivity contribution in [2.45, 2.75) is 37.6 Å². The monoisotopic (exact) mass is 285 g/mol. The van der Waals surface area contributed by atoms with Crippen molar-refractivity contribution in [3.05, 3.63) is 41.6 Å². The molecule has 5 nitrogen and oxygen atoms in total. The molecule has 5 heteroatoms. The third-order valence-corrected chi connectivity index (χ3v) is 4.09. The van der Waals surface area contributed by atoms with Crippen LogP contribution in [0.2, 0.25) is 0 Å². The van der Waals surface area contributed by atoms with E-state index in [1.54, 1.807) is 0 Å². The molecule has 0 bridgehead atoms. The Morgan fingerprint density at radius 2 is 2.05 bits per heavy atom. The number of aromatic nitrogens is 2. The highest BCUT2D eigenvalue weighted by Gasteiger charge is 2.27. The summed E-state index contributed by atoms with van der Waals surface area (Å²) in [6.07, 6.45) is 4.29. The molecule has 1 aliphatic carbocycles. The number of hydrogen-bond acceptors (Lipinski definition) is 5. The number of rotatable bonds is 5. The van der Waals surface area contributed by atoms with E-state index in [2.05, 4.69) is 21.6 Å². The van der Waals surface area contributed by atoms with Gasteiger partial charge in [0.25, 0.3) is 0 Å². The van der Waals surface area contributed by atoms with Gasteiger partial charge in [-0.05, 0) is 25.3 Å². The van der Waals surface area contributed by atoms with E-state index in [4.69, 9.17) is 9.15 Å². The summed E-state index contributed by atoms with van der Waals surface area (Å²) in [5, 5.41) is 11.9. The van der Waals surface area contributed by atoms with E-state index in [0.717, 1.165) is 42.6 Å². The first-order chi connectivity index (χ1) is 10.4. The number of hydrogen-bond donors (Lipinski definition) is 1. The minimum Gasteiger partial charge on any atom is -0.493 e. The minimum atomic E-state index is 0.160. The standard InChI is InChI=1S/C16H19N3O2/c1-2-4-14-12(3-1)13(8-10-20-14)16-19-18-15(21-16)7-9-17-11-5-6-11/h1-4,11,13,17H,5-10H2. The summed E-state index contributed by atoms with van der Waals surface area (Å²) in [5.74, 6) is 2.53. The molecule has 1 atom stereocenters. The first kappa shape index (κ1) is 12.8. The molecule has 0 radical (unpaired) electrons. The number of ether oxygens (including phenoxy) is 1. The van der Waals surface area contributed by atoms with Gasteiger partial charge in [-0.2, -0.15) is 0 Å². The minimum absolute atomic E-state index is 0.160. The van der Waals surface area contributed by atoms with Gasteiger partial charge in [0.15, 0.2) is 0 Å². The highest BCUT2D eigenvalue weighted by atomic mass is 16.5. The van der Waals surface area contributed by atoms with Crippen LogP contribution in [0.3, 0.4) is 0 Å². The lowest BCUT2D eigenvalue weighted by atomic mass is 9.93. The van der Waals surface area contributed by atoms with Gasteiger partial charge in [0.2, 0.25) is 11.8 Å². The molecule has 110 valence electrons. The predicted octanol–water partition coefficient (Wildman–Crippen LogP) is 2.28. The second-order valence-electron chi connectivity index (χ2n) is 5.74. The topological polar surface area (TPSA) is 60.2 Å². The SMILES string of the molecule is c1ccc2c(c1)OCCC2c1nnc(CCNC2CC2)o1. The van der Waals surface area contributed by atoms with Gasteiger partial charge in [0, 0.05) is 24.6 Å². The second-order valence-corrected chi connectivity index (χ2v) is 5.74. The summed E-state index contributed by atoms with van der Waals surface area (Å²) >= 11 is 0. The quantitative estimate of drug-likeness (QED) is 0.913. The molecule has 0 amide bonds. The molecule has 0 saturated heterocycles. The Morgan fingerprint density at radius 1 is 1.14 bits per heavy atom. The molecule has 0 spiro atoms. The molecule has 4 rings (SSSR count). The lowest BCUT2D eigenvalue weighted by molar-refractivity contribution is 0.263. The normalized spacial score (nSPS) is 20.9. The Hall–Kier alpha value is -1.88. The number of benzene rings is 1. The second kappa shape index (κ2) is 5.48. The van der Waals surface area contributed by atoms with Crippen molar-refractivity contribution in [1.29, 1.82) is 0 Å². The van der Waals surface area contributed by atoms with Crippen molar-refractivity contribution < 1.29 is 9.15 Å². The van der Waals surface area contributed by atoms with Crippen LogP contribution >= 0.6 is 0 Å². The van der Waals surface area contributed by atoms with Crippen LogP contribution in [0, 0.1) is 0 Å². The smallest absolute Gasteiger partial charge is 0.224 e. The lowest BCUT2D eigenvalue weighted by Crippen LogP contribution is -2.19. The maximum atomic E-state index is 5.86. The van der Waals surface area contributed by atoms with Gasteiger partial charge in [0.05, 0.1) is 12.5 Å². The van der Waals surface area contributed by atoms with Crippen LogP contribution in [0.5, 0.6) is 5.75 Å². The highest BCUT2D eigenvalue weighted by Crippen LogP contribution is 2.37. The van der Waals surface area contributed by atoms with Crippen LogP contribution < -0.4 is 10.1 Å². The van der Waals surface area contributed by atoms with Crippen molar-refractivity contribution in [3.8, 4) is 5.75 Å². The molecule has 1 aliphatic heterocycles. The molecule has 2 aliphatic rings. The molecule has 1 aromatic heterocycles. The molecule has 2 heterocycles. The van der Waals surface area contributed by atoms with Crippen molar-refractivity contribution in [3.63, 3.8) is 0 Å². The van der Waals surface area contributed by atoms with Gasteiger partial charge in [-0.25, -0.2) is 0 Å². The van der Waals surface area contributed by atoms with Gasteiger partial charge in [-0.15, -0.1) is 10.2 Å². The van der Waals surface area contributed by atoms with Gasteiger partial charge in [0.1, 0.15) is 5.75 Å². The number of fused-ring (bicyclic) bond motifs is 1. The molecule has 21 heavy (non-hydrogen) atoms. The zero-order valence-corrected chi connectivity index (χ0v) is 11.9. The van der Waals surface area contributed by atoms with Gasteiger partial charge in [-0.1, -0.05) is 18.2 Å². The summed E-state index contributed by atoms with van der Waals surface area (Å²) in [6.45, 7) is 1.61. The molecule has 2 aromatic rings. The Bertz CT molecular complexity index is 621. The molecule has 1 N–H and O–H groups in total. The van der Waals surface area contributed by atoms with Gasteiger partial charge >= 0.3 is 0 Å². The van der Waals surface area contributed by atoms with Crippen molar-refractivity contribution in [2.24, 2.45) is 0 Å². The average Bonchev–Trinajstić information content (AvgIpc) is 3.23. The summed E-state index contributed by atoms with van der Waals surface area (Å²) < 4.78 is 11.5. The molecule has 1 unspecified atom stereocenters. The van der Waals surface area contributed by atoms with E-state index >= 15 is 0 Å². The van der Waals surface area contributed by atoms with Crippen LogP contribution in [-0.4, -0.2) is 29.4 Å². The largest absolute Gasteiger partial charge is 0.493 e. The van der Waals surface area contributed by atoms with E-state index in [9.17, 15) is 0 Å². The van der Waals surface area contributed by atoms with Crippen LogP contribution in [0.25, 0.3) is 0 Å². The Morgan fingerprint density at radius 3 is 2.95 bits per heavy atom. The van der Waals surface area contributed by atoms with Crippen LogP contribution in [0.4, 0.5) is 0 Å². The van der Waals surface area contributed by atoms with E-state index in [0.29, 0.717) is 12.5 Å². The van der Waals surface area contributed by atoms with Crippen LogP contribution in [0.1, 0.15) is 42.5 Å². The fourth-order valence-electron chi connectivity index (χ4n) is 2.78. The molecular weight excluding hydrogens is 266 g/mol. The summed E-state index contributed by atoms with van der Waals surface area (Å²) in [7, 11) is 0. The Balaban J connectivity index is 1.47. The number of nitrogens with one attached hydrogen (secondary N) is 1. The average molecular weight is 285 g/mol. The Kier molecular flexibility index (Phi) is 3.35. The van der Waals surface area contributed by atoms with E-state index < -0.39 is 0 Å². The van der Waals surface area contributed by atoms with Crippen molar-refractivity contribution in [2.75, 3.05) is 13.2 Å². The third kappa shape index (κ3) is 2.78. The zero-order chi connectivity index (χ0) is 14.1. The first-order valence-electron chi connectivity index (χ1n) is 7.67. The zero-order valence-electron chi connectivity index (χ0n) is 11.9. The van der Waals surface area contributed by atoms with Crippen LogP contribution in [-0.2, 0) is 6.42 Å². The molecule has 1 fully saturated rings. The lowest BCUT2D eigenvalue weighted by Gasteiger charge is -2.23. The third-order valence-electron chi connectivity index (χ3n) is 4.09. The van der Waals surface area contributed by atoms with E-state index in [1.165, 1.54) is 12.8 Å². The molecule has 1 aromatic carbocycles. The van der Waals surface area contributed by atoms with E-state index in [1.807, 2.05) is 18.2 Å².